The van der Waals surface area contributed by atoms with Crippen LogP contribution in [-0.4, -0.2) is 19.9 Å². The Hall–Kier alpha value is -1.94. The molecule has 0 radical (unpaired) electrons. The van der Waals surface area contributed by atoms with Crippen molar-refractivity contribution in [2.45, 2.75) is 59.2 Å². The van der Waals surface area contributed by atoms with E-state index in [0.717, 1.165) is 5.57 Å². The minimum absolute atomic E-state index is 0.0537. The number of Topliss-reactive ketones (excluding diaryl/α,β-unsaturated/α-hetero) is 2. The van der Waals surface area contributed by atoms with Crippen LogP contribution in [0.5, 0.6) is 0 Å². The van der Waals surface area contributed by atoms with Crippen LogP contribution in [0.1, 0.15) is 61.8 Å². The van der Waals surface area contributed by atoms with Crippen LogP contribution in [0.25, 0.3) is 0 Å². The fourth-order valence-electron chi connectivity index (χ4n) is 2.41. The lowest BCUT2D eigenvalue weighted by molar-refractivity contribution is 0.0930. The van der Waals surface area contributed by atoms with Crippen molar-refractivity contribution in [2.24, 2.45) is 0 Å². The number of hydrogen-bond acceptors (Lipinski definition) is 3. The molecule has 2 rings (SSSR count). The first kappa shape index (κ1) is 19.4. The summed E-state index contributed by atoms with van der Waals surface area (Å²) in [5, 5.41) is -0.0537. The summed E-state index contributed by atoms with van der Waals surface area (Å²) in [6, 6.07) is 7.01. The van der Waals surface area contributed by atoms with Crippen molar-refractivity contribution >= 4 is 19.9 Å². The predicted octanol–water partition coefficient (Wildman–Crippen LogP) is 5.70. The molecule has 4 heteroatoms. The van der Waals surface area contributed by atoms with Gasteiger partial charge >= 0.3 is 0 Å². The van der Waals surface area contributed by atoms with Gasteiger partial charge in [-0.05, 0) is 38.4 Å². The van der Waals surface area contributed by atoms with E-state index in [1.54, 1.807) is 24.3 Å². The standard InChI is InChI=1S/C21H28O3Si/c1-14(2)12-13-17-18(22)15-10-8-9-11-16(15)19(23)20(17)24-25(6,7)21(3,4)5/h8-12H,13H2,1-7H3. The third kappa shape index (κ3) is 3.84. The maximum atomic E-state index is 13.1. The third-order valence-electron chi connectivity index (χ3n) is 5.05. The van der Waals surface area contributed by atoms with Crippen LogP contribution in [0.4, 0.5) is 0 Å². The number of ketones is 2. The molecule has 3 nitrogen and oxygen atoms in total. The normalized spacial score (nSPS) is 15.2. The minimum Gasteiger partial charge on any atom is -0.541 e. The molecule has 0 heterocycles. The van der Waals surface area contributed by atoms with Gasteiger partial charge in [-0.2, -0.15) is 0 Å². The van der Waals surface area contributed by atoms with Crippen molar-refractivity contribution in [1.29, 1.82) is 0 Å². The van der Waals surface area contributed by atoms with Crippen LogP contribution < -0.4 is 0 Å². The molecule has 0 aliphatic heterocycles. The van der Waals surface area contributed by atoms with Crippen molar-refractivity contribution in [3.8, 4) is 0 Å². The van der Waals surface area contributed by atoms with E-state index in [2.05, 4.69) is 33.9 Å². The Balaban J connectivity index is 2.59. The van der Waals surface area contributed by atoms with Gasteiger partial charge in [0, 0.05) is 16.7 Å². The second-order valence-corrected chi connectivity index (χ2v) is 13.1. The van der Waals surface area contributed by atoms with Gasteiger partial charge in [-0.3, -0.25) is 9.59 Å². The van der Waals surface area contributed by atoms with E-state index in [-0.39, 0.29) is 22.4 Å². The summed E-state index contributed by atoms with van der Waals surface area (Å²) in [7, 11) is -2.23. The molecule has 0 amide bonds. The van der Waals surface area contributed by atoms with Gasteiger partial charge < -0.3 is 4.43 Å². The second kappa shape index (κ2) is 6.75. The summed E-state index contributed by atoms with van der Waals surface area (Å²) in [5.74, 6) is -0.00798. The lowest BCUT2D eigenvalue weighted by Gasteiger charge is -2.38. The molecule has 25 heavy (non-hydrogen) atoms. The summed E-state index contributed by atoms with van der Waals surface area (Å²) < 4.78 is 6.35. The van der Waals surface area contributed by atoms with Gasteiger partial charge in [-0.1, -0.05) is 56.7 Å². The van der Waals surface area contributed by atoms with Crippen LogP contribution >= 0.6 is 0 Å². The van der Waals surface area contributed by atoms with Crippen molar-refractivity contribution in [1.82, 2.24) is 0 Å². The predicted molar refractivity (Wildman–Crippen MR) is 104 cm³/mol. The second-order valence-electron chi connectivity index (χ2n) is 8.36. The lowest BCUT2D eigenvalue weighted by Crippen LogP contribution is -2.42. The maximum absolute atomic E-state index is 13.1. The lowest BCUT2D eigenvalue weighted by atomic mass is 9.86. The topological polar surface area (TPSA) is 43.4 Å². The summed E-state index contributed by atoms with van der Waals surface area (Å²) >= 11 is 0. The highest BCUT2D eigenvalue weighted by molar-refractivity contribution is 6.74. The molecule has 0 saturated heterocycles. The number of allylic oxidation sites excluding steroid dienone is 4. The minimum atomic E-state index is -2.23. The summed E-state index contributed by atoms with van der Waals surface area (Å²) in [4.78, 5) is 26.1. The van der Waals surface area contributed by atoms with Gasteiger partial charge in [-0.15, -0.1) is 0 Å². The van der Waals surface area contributed by atoms with Gasteiger partial charge in [-0.25, -0.2) is 0 Å². The molecule has 1 aliphatic rings. The Morgan fingerprint density at radius 3 is 2.04 bits per heavy atom. The van der Waals surface area contributed by atoms with Gasteiger partial charge in [0.25, 0.3) is 8.32 Å². The molecular formula is C21H28O3Si. The van der Waals surface area contributed by atoms with E-state index in [9.17, 15) is 9.59 Å². The Labute approximate surface area is 151 Å². The smallest absolute Gasteiger partial charge is 0.250 e. The van der Waals surface area contributed by atoms with Crippen LogP contribution in [0.15, 0.2) is 47.2 Å². The molecule has 134 valence electrons. The monoisotopic (exact) mass is 356 g/mol. The van der Waals surface area contributed by atoms with Gasteiger partial charge in [0.2, 0.25) is 5.78 Å². The van der Waals surface area contributed by atoms with Crippen molar-refractivity contribution < 1.29 is 14.0 Å². The highest BCUT2D eigenvalue weighted by Gasteiger charge is 2.43. The fraction of sp³-hybridized carbons (Fsp3) is 0.429. The van der Waals surface area contributed by atoms with Crippen molar-refractivity contribution in [2.75, 3.05) is 0 Å². The number of rotatable bonds is 4. The largest absolute Gasteiger partial charge is 0.541 e. The van der Waals surface area contributed by atoms with Crippen molar-refractivity contribution in [3.63, 3.8) is 0 Å². The molecular weight excluding hydrogens is 328 g/mol. The first-order chi connectivity index (χ1) is 11.5. The Morgan fingerprint density at radius 1 is 1.04 bits per heavy atom. The molecule has 1 aromatic rings. The van der Waals surface area contributed by atoms with Gasteiger partial charge in [0.05, 0.1) is 0 Å². The SMILES string of the molecule is CC(C)=CCC1=C(O[Si](C)(C)C(C)(C)C)C(=O)c2ccccc2C1=O. The molecule has 0 N–H and O–H groups in total. The van der Waals surface area contributed by atoms with E-state index in [1.807, 2.05) is 19.9 Å². The first-order valence-corrected chi connectivity index (χ1v) is 11.6. The van der Waals surface area contributed by atoms with Crippen LogP contribution in [-0.2, 0) is 4.43 Å². The molecule has 0 aromatic heterocycles. The first-order valence-electron chi connectivity index (χ1n) is 8.69. The Bertz CT molecular complexity index is 773. The number of carbonyl (C=O) groups excluding carboxylic acids is 2. The van der Waals surface area contributed by atoms with Crippen LogP contribution in [0, 0.1) is 0 Å². The number of hydrogen-bond donors (Lipinski definition) is 0. The Kier molecular flexibility index (Phi) is 5.24. The van der Waals surface area contributed by atoms with Gasteiger partial charge in [0.15, 0.2) is 11.5 Å². The highest BCUT2D eigenvalue weighted by atomic mass is 28.4. The van der Waals surface area contributed by atoms with Crippen LogP contribution in [0.3, 0.4) is 0 Å². The molecule has 0 unspecified atom stereocenters. The maximum Gasteiger partial charge on any atom is 0.250 e. The zero-order valence-corrected chi connectivity index (χ0v) is 17.3. The fourth-order valence-corrected chi connectivity index (χ4v) is 3.44. The van der Waals surface area contributed by atoms with E-state index < -0.39 is 8.32 Å². The summed E-state index contributed by atoms with van der Waals surface area (Å²) in [5.41, 5.74) is 2.52. The van der Waals surface area contributed by atoms with E-state index in [0.29, 0.717) is 23.1 Å². The van der Waals surface area contributed by atoms with E-state index >= 15 is 0 Å². The zero-order valence-electron chi connectivity index (χ0n) is 16.3. The molecule has 0 bridgehead atoms. The average molecular weight is 357 g/mol. The quantitative estimate of drug-likeness (QED) is 0.513. The molecule has 0 spiro atoms. The summed E-state index contributed by atoms with van der Waals surface area (Å²) in [6.07, 6.45) is 2.40. The highest BCUT2D eigenvalue weighted by Crippen LogP contribution is 2.40. The number of benzene rings is 1. The number of fused-ring (bicyclic) bond motifs is 1. The molecule has 0 fully saturated rings. The molecule has 0 saturated carbocycles. The van der Waals surface area contributed by atoms with E-state index in [1.165, 1.54) is 0 Å². The van der Waals surface area contributed by atoms with Crippen molar-refractivity contribution in [3.05, 3.63) is 58.4 Å². The Morgan fingerprint density at radius 2 is 1.56 bits per heavy atom. The van der Waals surface area contributed by atoms with Crippen LogP contribution in [0.2, 0.25) is 18.1 Å². The molecule has 0 atom stereocenters. The third-order valence-corrected chi connectivity index (χ3v) is 9.38. The molecule has 1 aliphatic carbocycles. The average Bonchev–Trinajstić information content (AvgIpc) is 2.50. The summed E-state index contributed by atoms with van der Waals surface area (Å²) in [6.45, 7) is 14.5. The zero-order chi connectivity index (χ0) is 19.0. The number of carbonyl (C=O) groups is 2. The van der Waals surface area contributed by atoms with Gasteiger partial charge in [0.1, 0.15) is 0 Å². The van der Waals surface area contributed by atoms with E-state index in [4.69, 9.17) is 4.43 Å². The molecule has 1 aromatic carbocycles.